The van der Waals surface area contributed by atoms with Crippen LogP contribution in [0.15, 0.2) is 54.7 Å². The number of aromatic nitrogens is 1. The SMILES string of the molecule is OC(CC1CC1)(c1ccccc1)c1ccccn1. The molecule has 1 aromatic heterocycles. The Morgan fingerprint density at radius 3 is 2.39 bits per heavy atom. The van der Waals surface area contributed by atoms with Crippen molar-refractivity contribution in [3.05, 3.63) is 66.0 Å². The molecule has 2 heteroatoms. The molecule has 1 aliphatic rings. The van der Waals surface area contributed by atoms with E-state index in [4.69, 9.17) is 0 Å². The maximum atomic E-state index is 11.1. The van der Waals surface area contributed by atoms with Crippen LogP contribution in [0, 0.1) is 5.92 Å². The summed E-state index contributed by atoms with van der Waals surface area (Å²) in [6.07, 6.45) is 4.97. The van der Waals surface area contributed by atoms with E-state index < -0.39 is 5.60 Å². The third-order valence-corrected chi connectivity index (χ3v) is 3.62. The first-order valence-corrected chi connectivity index (χ1v) is 6.48. The standard InChI is InChI=1S/C16H17NO/c18-16(12-13-9-10-13,14-6-2-1-3-7-14)15-8-4-5-11-17-15/h1-8,11,13,18H,9-10,12H2. The summed E-state index contributed by atoms with van der Waals surface area (Å²) < 4.78 is 0. The van der Waals surface area contributed by atoms with Gasteiger partial charge in [0.2, 0.25) is 0 Å². The van der Waals surface area contributed by atoms with Crippen LogP contribution in [-0.2, 0) is 5.60 Å². The highest BCUT2D eigenvalue weighted by Crippen LogP contribution is 2.43. The zero-order chi connectivity index (χ0) is 12.4. The smallest absolute Gasteiger partial charge is 0.132 e. The largest absolute Gasteiger partial charge is 0.379 e. The van der Waals surface area contributed by atoms with E-state index in [1.165, 1.54) is 12.8 Å². The second-order valence-corrected chi connectivity index (χ2v) is 5.09. The van der Waals surface area contributed by atoms with Crippen LogP contribution in [0.25, 0.3) is 0 Å². The van der Waals surface area contributed by atoms with Gasteiger partial charge in [0, 0.05) is 6.20 Å². The number of rotatable bonds is 4. The second kappa shape index (κ2) is 4.54. The monoisotopic (exact) mass is 239 g/mol. The van der Waals surface area contributed by atoms with E-state index in [2.05, 4.69) is 4.98 Å². The van der Waals surface area contributed by atoms with Crippen molar-refractivity contribution in [1.29, 1.82) is 0 Å². The van der Waals surface area contributed by atoms with Gasteiger partial charge in [-0.15, -0.1) is 0 Å². The molecule has 0 spiro atoms. The van der Waals surface area contributed by atoms with Crippen LogP contribution in [0.2, 0.25) is 0 Å². The molecule has 18 heavy (non-hydrogen) atoms. The van der Waals surface area contributed by atoms with Gasteiger partial charge in [-0.1, -0.05) is 49.2 Å². The average molecular weight is 239 g/mol. The van der Waals surface area contributed by atoms with E-state index >= 15 is 0 Å². The van der Waals surface area contributed by atoms with Gasteiger partial charge >= 0.3 is 0 Å². The van der Waals surface area contributed by atoms with Crippen molar-refractivity contribution in [2.45, 2.75) is 24.9 Å². The molecule has 0 bridgehead atoms. The van der Waals surface area contributed by atoms with Crippen molar-refractivity contribution < 1.29 is 5.11 Å². The highest BCUT2D eigenvalue weighted by atomic mass is 16.3. The Kier molecular flexibility index (Phi) is 2.88. The zero-order valence-corrected chi connectivity index (χ0v) is 10.3. The predicted molar refractivity (Wildman–Crippen MR) is 71.0 cm³/mol. The highest BCUT2D eigenvalue weighted by molar-refractivity contribution is 5.32. The molecule has 1 aliphatic carbocycles. The number of nitrogens with zero attached hydrogens (tertiary/aromatic N) is 1. The summed E-state index contributed by atoms with van der Waals surface area (Å²) >= 11 is 0. The van der Waals surface area contributed by atoms with Crippen molar-refractivity contribution in [3.63, 3.8) is 0 Å². The summed E-state index contributed by atoms with van der Waals surface area (Å²) in [5.74, 6) is 0.636. The molecule has 0 saturated heterocycles. The van der Waals surface area contributed by atoms with Crippen LogP contribution in [-0.4, -0.2) is 10.1 Å². The summed E-state index contributed by atoms with van der Waals surface area (Å²) in [5.41, 5.74) is 0.752. The normalized spacial score (nSPS) is 18.3. The van der Waals surface area contributed by atoms with Gasteiger partial charge in [0.05, 0.1) is 5.69 Å². The molecule has 1 saturated carbocycles. The molecule has 2 nitrogen and oxygen atoms in total. The predicted octanol–water partition coefficient (Wildman–Crippen LogP) is 3.12. The van der Waals surface area contributed by atoms with Gasteiger partial charge < -0.3 is 5.11 Å². The number of benzene rings is 1. The lowest BCUT2D eigenvalue weighted by molar-refractivity contribution is 0.0603. The van der Waals surface area contributed by atoms with E-state index in [-0.39, 0.29) is 0 Å². The quantitative estimate of drug-likeness (QED) is 0.889. The summed E-state index contributed by atoms with van der Waals surface area (Å²) in [4.78, 5) is 4.36. The molecule has 1 unspecified atom stereocenters. The van der Waals surface area contributed by atoms with Crippen molar-refractivity contribution in [1.82, 2.24) is 4.98 Å². The maximum Gasteiger partial charge on any atom is 0.132 e. The topological polar surface area (TPSA) is 33.1 Å². The van der Waals surface area contributed by atoms with Crippen LogP contribution in [0.5, 0.6) is 0 Å². The van der Waals surface area contributed by atoms with Gasteiger partial charge in [-0.3, -0.25) is 4.98 Å². The van der Waals surface area contributed by atoms with Crippen molar-refractivity contribution in [2.24, 2.45) is 5.92 Å². The van der Waals surface area contributed by atoms with E-state index in [9.17, 15) is 5.11 Å². The minimum absolute atomic E-state index is 0.636. The fourth-order valence-corrected chi connectivity index (χ4v) is 2.43. The molecule has 0 radical (unpaired) electrons. The van der Waals surface area contributed by atoms with Crippen LogP contribution in [0.3, 0.4) is 0 Å². The Morgan fingerprint density at radius 1 is 1.06 bits per heavy atom. The number of hydrogen-bond donors (Lipinski definition) is 1. The first-order chi connectivity index (χ1) is 8.79. The van der Waals surface area contributed by atoms with Crippen LogP contribution in [0.1, 0.15) is 30.5 Å². The second-order valence-electron chi connectivity index (χ2n) is 5.09. The van der Waals surface area contributed by atoms with E-state index in [0.29, 0.717) is 5.92 Å². The first kappa shape index (κ1) is 11.4. The Balaban J connectivity index is 2.03. The van der Waals surface area contributed by atoms with E-state index in [1.54, 1.807) is 6.20 Å². The molecule has 3 rings (SSSR count). The lowest BCUT2D eigenvalue weighted by atomic mass is 9.85. The lowest BCUT2D eigenvalue weighted by Gasteiger charge is -2.28. The molecule has 1 N–H and O–H groups in total. The van der Waals surface area contributed by atoms with Crippen LogP contribution in [0.4, 0.5) is 0 Å². The molecule has 1 heterocycles. The molecule has 1 aromatic carbocycles. The first-order valence-electron chi connectivity index (χ1n) is 6.48. The molecule has 1 fully saturated rings. The zero-order valence-electron chi connectivity index (χ0n) is 10.3. The Hall–Kier alpha value is -1.67. The minimum atomic E-state index is -0.941. The van der Waals surface area contributed by atoms with Crippen LogP contribution < -0.4 is 0 Å². The number of pyridine rings is 1. The lowest BCUT2D eigenvalue weighted by Crippen LogP contribution is -2.29. The fourth-order valence-electron chi connectivity index (χ4n) is 2.43. The molecule has 2 aromatic rings. The fraction of sp³-hybridized carbons (Fsp3) is 0.312. The molecular formula is C16H17NO. The van der Waals surface area contributed by atoms with Gasteiger partial charge in [0.15, 0.2) is 0 Å². The molecule has 1 atom stereocenters. The molecule has 92 valence electrons. The summed E-state index contributed by atoms with van der Waals surface area (Å²) in [7, 11) is 0. The van der Waals surface area contributed by atoms with Crippen LogP contribution >= 0.6 is 0 Å². The van der Waals surface area contributed by atoms with E-state index in [1.807, 2.05) is 48.5 Å². The van der Waals surface area contributed by atoms with Crippen molar-refractivity contribution >= 4 is 0 Å². The van der Waals surface area contributed by atoms with Crippen molar-refractivity contribution in [2.75, 3.05) is 0 Å². The summed E-state index contributed by atoms with van der Waals surface area (Å²) in [6.45, 7) is 0. The number of hydrogen-bond acceptors (Lipinski definition) is 2. The van der Waals surface area contributed by atoms with Gasteiger partial charge in [-0.05, 0) is 30.0 Å². The Labute approximate surface area is 107 Å². The van der Waals surface area contributed by atoms with Gasteiger partial charge in [0.1, 0.15) is 5.60 Å². The average Bonchev–Trinajstić information content (AvgIpc) is 3.24. The van der Waals surface area contributed by atoms with Gasteiger partial charge in [-0.25, -0.2) is 0 Å². The van der Waals surface area contributed by atoms with Gasteiger partial charge in [0.25, 0.3) is 0 Å². The molecule has 0 amide bonds. The van der Waals surface area contributed by atoms with E-state index in [0.717, 1.165) is 17.7 Å². The highest BCUT2D eigenvalue weighted by Gasteiger charge is 2.38. The maximum absolute atomic E-state index is 11.1. The third kappa shape index (κ3) is 2.16. The summed E-state index contributed by atoms with van der Waals surface area (Å²) in [5, 5.41) is 11.1. The number of aliphatic hydroxyl groups is 1. The molecular weight excluding hydrogens is 222 g/mol. The summed E-state index contributed by atoms with van der Waals surface area (Å²) in [6, 6.07) is 15.6. The Morgan fingerprint density at radius 2 is 1.78 bits per heavy atom. The minimum Gasteiger partial charge on any atom is -0.379 e. The van der Waals surface area contributed by atoms with Crippen molar-refractivity contribution in [3.8, 4) is 0 Å². The van der Waals surface area contributed by atoms with Gasteiger partial charge in [-0.2, -0.15) is 0 Å². The third-order valence-electron chi connectivity index (χ3n) is 3.62. The Bertz CT molecular complexity index is 466. The molecule has 0 aliphatic heterocycles.